The van der Waals surface area contributed by atoms with Gasteiger partial charge in [0.05, 0.1) is 6.20 Å². The summed E-state index contributed by atoms with van der Waals surface area (Å²) < 4.78 is 12.9. The number of carbonyl (C=O) groups excluding carboxylic acids is 1. The lowest BCUT2D eigenvalue weighted by Crippen LogP contribution is -2.37. The second-order valence-corrected chi connectivity index (χ2v) is 9.81. The number of nitrogens with one attached hydrogen (secondary N) is 2. The SMILES string of the molecule is CC(C)c1cnn2c(NCc3cccc(OC(=O)N4CCCCC4)c3)nc(NC3CCOCC3)nc12. The van der Waals surface area contributed by atoms with Gasteiger partial charge in [-0.3, -0.25) is 0 Å². The molecule has 10 nitrogen and oxygen atoms in total. The second-order valence-electron chi connectivity index (χ2n) is 9.81. The third-order valence-corrected chi connectivity index (χ3v) is 6.74. The quantitative estimate of drug-likeness (QED) is 0.498. The number of fused-ring (bicyclic) bond motifs is 1. The fraction of sp³-hybridized carbons (Fsp3) is 0.538. The van der Waals surface area contributed by atoms with Gasteiger partial charge >= 0.3 is 6.09 Å². The third-order valence-electron chi connectivity index (χ3n) is 6.74. The van der Waals surface area contributed by atoms with Crippen molar-refractivity contribution in [1.82, 2.24) is 24.5 Å². The van der Waals surface area contributed by atoms with Crippen LogP contribution in [0.25, 0.3) is 5.65 Å². The van der Waals surface area contributed by atoms with Crippen LogP contribution in [0.15, 0.2) is 30.5 Å². The third kappa shape index (κ3) is 5.70. The normalized spacial score (nSPS) is 16.9. The number of anilines is 2. The predicted octanol–water partition coefficient (Wildman–Crippen LogP) is 4.44. The summed E-state index contributed by atoms with van der Waals surface area (Å²) in [5.41, 5.74) is 2.84. The minimum Gasteiger partial charge on any atom is -0.410 e. The standard InChI is InChI=1S/C26H35N7O3/c1-18(2)22-17-28-33-23(22)30-24(29-20-9-13-35-14-10-20)31-25(33)27-16-19-7-6-8-21(15-19)36-26(34)32-11-4-3-5-12-32/h6-8,15,17-18,20H,3-5,9-14,16H2,1-2H3,(H2,27,29,30,31). The van der Waals surface area contributed by atoms with Gasteiger partial charge in [-0.1, -0.05) is 26.0 Å². The molecule has 2 aromatic heterocycles. The number of carbonyl (C=O) groups is 1. The van der Waals surface area contributed by atoms with Crippen LogP contribution in [0.1, 0.15) is 63.0 Å². The molecule has 192 valence electrons. The van der Waals surface area contributed by atoms with Gasteiger partial charge in [0.2, 0.25) is 11.9 Å². The van der Waals surface area contributed by atoms with E-state index in [1.54, 1.807) is 9.42 Å². The molecule has 36 heavy (non-hydrogen) atoms. The molecule has 0 unspecified atom stereocenters. The lowest BCUT2D eigenvalue weighted by molar-refractivity contribution is 0.0903. The van der Waals surface area contributed by atoms with Crippen LogP contribution in [0, 0.1) is 0 Å². The van der Waals surface area contributed by atoms with Crippen molar-refractivity contribution in [2.24, 2.45) is 0 Å². The molecule has 4 heterocycles. The highest BCUT2D eigenvalue weighted by Gasteiger charge is 2.20. The van der Waals surface area contributed by atoms with Crippen molar-refractivity contribution in [3.63, 3.8) is 0 Å². The minimum absolute atomic E-state index is 0.279. The molecule has 0 radical (unpaired) electrons. The Hall–Kier alpha value is -3.40. The number of likely N-dealkylation sites (tertiary alicyclic amines) is 1. The van der Waals surface area contributed by atoms with Crippen LogP contribution < -0.4 is 15.4 Å². The van der Waals surface area contributed by atoms with E-state index in [1.165, 1.54) is 6.42 Å². The predicted molar refractivity (Wildman–Crippen MR) is 138 cm³/mol. The summed E-state index contributed by atoms with van der Waals surface area (Å²) in [6.45, 7) is 7.77. The smallest absolute Gasteiger partial charge is 0.410 e. The van der Waals surface area contributed by atoms with E-state index in [1.807, 2.05) is 30.5 Å². The molecule has 2 fully saturated rings. The minimum atomic E-state index is -0.279. The summed E-state index contributed by atoms with van der Waals surface area (Å²) in [5.74, 6) is 2.02. The maximum Gasteiger partial charge on any atom is 0.415 e. The molecule has 0 bridgehead atoms. The Balaban J connectivity index is 1.32. The molecule has 0 saturated carbocycles. The van der Waals surface area contributed by atoms with E-state index >= 15 is 0 Å². The lowest BCUT2D eigenvalue weighted by Gasteiger charge is -2.25. The van der Waals surface area contributed by atoms with E-state index in [-0.39, 0.29) is 18.1 Å². The molecule has 2 aliphatic heterocycles. The molecule has 1 amide bonds. The Bertz CT molecular complexity index is 1180. The number of amides is 1. The summed E-state index contributed by atoms with van der Waals surface area (Å²) in [5, 5.41) is 11.5. The molecule has 0 atom stereocenters. The highest BCUT2D eigenvalue weighted by molar-refractivity contribution is 5.70. The summed E-state index contributed by atoms with van der Waals surface area (Å²) in [7, 11) is 0. The lowest BCUT2D eigenvalue weighted by atomic mass is 10.1. The number of nitrogens with zero attached hydrogens (tertiary/aromatic N) is 5. The Kier molecular flexibility index (Phi) is 7.50. The molecule has 5 rings (SSSR count). The molecule has 2 saturated heterocycles. The van der Waals surface area contributed by atoms with Crippen molar-refractivity contribution < 1.29 is 14.3 Å². The van der Waals surface area contributed by atoms with Crippen molar-refractivity contribution in [3.8, 4) is 5.75 Å². The number of aromatic nitrogens is 4. The monoisotopic (exact) mass is 493 g/mol. The molecule has 3 aromatic rings. The highest BCUT2D eigenvalue weighted by Crippen LogP contribution is 2.24. The van der Waals surface area contributed by atoms with Gasteiger partial charge in [-0.15, -0.1) is 0 Å². The maximum absolute atomic E-state index is 12.5. The van der Waals surface area contributed by atoms with E-state index in [2.05, 4.69) is 29.6 Å². The molecule has 2 aliphatic rings. The molecule has 0 aliphatic carbocycles. The first-order valence-electron chi connectivity index (χ1n) is 13.0. The second kappa shape index (κ2) is 11.1. The zero-order valence-electron chi connectivity index (χ0n) is 21.1. The maximum atomic E-state index is 12.5. The van der Waals surface area contributed by atoms with Crippen LogP contribution in [0.2, 0.25) is 0 Å². The van der Waals surface area contributed by atoms with Gasteiger partial charge in [0.25, 0.3) is 0 Å². The average Bonchev–Trinajstić information content (AvgIpc) is 3.33. The fourth-order valence-corrected chi connectivity index (χ4v) is 4.65. The van der Waals surface area contributed by atoms with E-state index in [0.717, 1.165) is 68.8 Å². The number of ether oxygens (including phenoxy) is 2. The van der Waals surface area contributed by atoms with Crippen LogP contribution in [-0.4, -0.2) is 62.9 Å². The first-order chi connectivity index (χ1) is 17.6. The highest BCUT2D eigenvalue weighted by atomic mass is 16.6. The van der Waals surface area contributed by atoms with Crippen LogP contribution in [0.5, 0.6) is 5.75 Å². The summed E-state index contributed by atoms with van der Waals surface area (Å²) in [6, 6.07) is 7.87. The van der Waals surface area contributed by atoms with Crippen LogP contribution >= 0.6 is 0 Å². The van der Waals surface area contributed by atoms with Crippen molar-refractivity contribution >= 4 is 23.6 Å². The molecule has 2 N–H and O–H groups in total. The van der Waals surface area contributed by atoms with E-state index in [4.69, 9.17) is 19.4 Å². The average molecular weight is 494 g/mol. The van der Waals surface area contributed by atoms with Gasteiger partial charge in [-0.05, 0) is 55.7 Å². The van der Waals surface area contributed by atoms with Gasteiger partial charge < -0.3 is 25.0 Å². The zero-order valence-corrected chi connectivity index (χ0v) is 21.1. The van der Waals surface area contributed by atoms with Gasteiger partial charge in [-0.2, -0.15) is 19.6 Å². The molecule has 10 heteroatoms. The number of hydrogen-bond acceptors (Lipinski definition) is 8. The summed E-state index contributed by atoms with van der Waals surface area (Å²) in [6.07, 6.45) is 6.67. The van der Waals surface area contributed by atoms with Crippen molar-refractivity contribution in [1.29, 1.82) is 0 Å². The van der Waals surface area contributed by atoms with Crippen LogP contribution in [-0.2, 0) is 11.3 Å². The van der Waals surface area contributed by atoms with Gasteiger partial charge in [-0.25, -0.2) is 4.79 Å². The number of hydrogen-bond donors (Lipinski definition) is 2. The molecule has 1 aromatic carbocycles. The van der Waals surface area contributed by atoms with Gasteiger partial charge in [0.1, 0.15) is 5.75 Å². The zero-order chi connectivity index (χ0) is 24.9. The molecular weight excluding hydrogens is 458 g/mol. The Morgan fingerprint density at radius 3 is 2.75 bits per heavy atom. The summed E-state index contributed by atoms with van der Waals surface area (Å²) in [4.78, 5) is 23.8. The number of piperidine rings is 1. The first-order valence-corrected chi connectivity index (χ1v) is 13.0. The first kappa shape index (κ1) is 24.3. The van der Waals surface area contributed by atoms with E-state index in [9.17, 15) is 4.79 Å². The Labute approximate surface area is 211 Å². The van der Waals surface area contributed by atoms with Crippen LogP contribution in [0.3, 0.4) is 0 Å². The Morgan fingerprint density at radius 1 is 1.17 bits per heavy atom. The van der Waals surface area contributed by atoms with E-state index < -0.39 is 0 Å². The number of rotatable bonds is 7. The van der Waals surface area contributed by atoms with Gasteiger partial charge in [0, 0.05) is 44.5 Å². The fourth-order valence-electron chi connectivity index (χ4n) is 4.65. The largest absolute Gasteiger partial charge is 0.415 e. The number of benzene rings is 1. The van der Waals surface area contributed by atoms with Crippen LogP contribution in [0.4, 0.5) is 16.7 Å². The van der Waals surface area contributed by atoms with E-state index in [0.29, 0.717) is 24.2 Å². The Morgan fingerprint density at radius 2 is 1.97 bits per heavy atom. The van der Waals surface area contributed by atoms with Crippen molar-refractivity contribution in [3.05, 3.63) is 41.6 Å². The van der Waals surface area contributed by atoms with Crippen molar-refractivity contribution in [2.45, 2.75) is 64.5 Å². The molecule has 0 spiro atoms. The topological polar surface area (TPSA) is 106 Å². The summed E-state index contributed by atoms with van der Waals surface area (Å²) >= 11 is 0. The molecular formula is C26H35N7O3. The van der Waals surface area contributed by atoms with Crippen molar-refractivity contribution in [2.75, 3.05) is 36.9 Å². The van der Waals surface area contributed by atoms with Gasteiger partial charge in [0.15, 0.2) is 5.65 Å².